The van der Waals surface area contributed by atoms with E-state index in [1.54, 1.807) is 14.0 Å². The van der Waals surface area contributed by atoms with Crippen LogP contribution in [0.5, 0.6) is 5.75 Å². The number of nitrogens with zero attached hydrogens (tertiary/aromatic N) is 1. The van der Waals surface area contributed by atoms with Gasteiger partial charge in [-0.05, 0) is 50.7 Å². The molecule has 0 heterocycles. The van der Waals surface area contributed by atoms with Crippen LogP contribution in [0.3, 0.4) is 0 Å². The SMILES string of the molecule is COc1cccc(N(CC2CC2)C2CC2)c1C(C)=O. The molecule has 3 nitrogen and oxygen atoms in total. The van der Waals surface area contributed by atoms with Crippen molar-refractivity contribution in [2.45, 2.75) is 38.6 Å². The molecule has 1 aromatic rings. The Morgan fingerprint density at radius 3 is 2.58 bits per heavy atom. The molecule has 1 aromatic carbocycles. The van der Waals surface area contributed by atoms with Gasteiger partial charge in [0.1, 0.15) is 5.75 Å². The van der Waals surface area contributed by atoms with Crippen LogP contribution in [-0.2, 0) is 0 Å². The fourth-order valence-electron chi connectivity index (χ4n) is 2.69. The Morgan fingerprint density at radius 1 is 1.32 bits per heavy atom. The Kier molecular flexibility index (Phi) is 3.21. The molecule has 2 aliphatic carbocycles. The summed E-state index contributed by atoms with van der Waals surface area (Å²) in [7, 11) is 1.63. The van der Waals surface area contributed by atoms with E-state index in [1.807, 2.05) is 12.1 Å². The molecule has 0 radical (unpaired) electrons. The summed E-state index contributed by atoms with van der Waals surface area (Å²) in [6, 6.07) is 6.57. The molecule has 0 amide bonds. The summed E-state index contributed by atoms with van der Waals surface area (Å²) in [6.07, 6.45) is 5.17. The highest BCUT2D eigenvalue weighted by atomic mass is 16.5. The summed E-state index contributed by atoms with van der Waals surface area (Å²) < 4.78 is 5.37. The lowest BCUT2D eigenvalue weighted by Gasteiger charge is -2.27. The molecule has 3 heteroatoms. The first-order chi connectivity index (χ1) is 9.20. The van der Waals surface area contributed by atoms with Crippen LogP contribution in [0.2, 0.25) is 0 Å². The number of hydrogen-bond donors (Lipinski definition) is 0. The van der Waals surface area contributed by atoms with Gasteiger partial charge in [-0.3, -0.25) is 4.79 Å². The fourth-order valence-corrected chi connectivity index (χ4v) is 2.69. The smallest absolute Gasteiger partial charge is 0.165 e. The molecule has 0 bridgehead atoms. The molecule has 0 saturated heterocycles. The Labute approximate surface area is 114 Å². The van der Waals surface area contributed by atoms with Crippen LogP contribution < -0.4 is 9.64 Å². The number of hydrogen-bond acceptors (Lipinski definition) is 3. The van der Waals surface area contributed by atoms with Crippen LogP contribution in [0.25, 0.3) is 0 Å². The molecule has 2 fully saturated rings. The lowest BCUT2D eigenvalue weighted by molar-refractivity contribution is 0.101. The minimum Gasteiger partial charge on any atom is -0.496 e. The van der Waals surface area contributed by atoms with Crippen LogP contribution in [0.4, 0.5) is 5.69 Å². The standard InChI is InChI=1S/C16H21NO2/c1-11(18)16-14(4-3-5-15(16)19-2)17(13-8-9-13)10-12-6-7-12/h3-5,12-13H,6-10H2,1-2H3. The normalized spacial score (nSPS) is 18.2. The van der Waals surface area contributed by atoms with E-state index in [-0.39, 0.29) is 5.78 Å². The van der Waals surface area contributed by atoms with Crippen molar-refractivity contribution in [1.82, 2.24) is 0 Å². The minimum atomic E-state index is 0.0916. The molecular weight excluding hydrogens is 238 g/mol. The van der Waals surface area contributed by atoms with Crippen molar-refractivity contribution in [2.75, 3.05) is 18.6 Å². The number of carbonyl (C=O) groups excluding carboxylic acids is 1. The third-order valence-electron chi connectivity index (χ3n) is 4.03. The van der Waals surface area contributed by atoms with E-state index in [4.69, 9.17) is 4.74 Å². The monoisotopic (exact) mass is 259 g/mol. The van der Waals surface area contributed by atoms with Crippen LogP contribution in [0, 0.1) is 5.92 Å². The van der Waals surface area contributed by atoms with Crippen LogP contribution >= 0.6 is 0 Å². The van der Waals surface area contributed by atoms with Gasteiger partial charge >= 0.3 is 0 Å². The largest absolute Gasteiger partial charge is 0.496 e. The summed E-state index contributed by atoms with van der Waals surface area (Å²) in [6.45, 7) is 2.72. The zero-order valence-electron chi connectivity index (χ0n) is 11.7. The van der Waals surface area contributed by atoms with Gasteiger partial charge in [0.25, 0.3) is 0 Å². The van der Waals surface area contributed by atoms with Crippen LogP contribution in [0.1, 0.15) is 43.0 Å². The second kappa shape index (κ2) is 4.87. The quantitative estimate of drug-likeness (QED) is 0.734. The maximum atomic E-state index is 12.0. The van der Waals surface area contributed by atoms with Crippen molar-refractivity contribution in [3.8, 4) is 5.75 Å². The first kappa shape index (κ1) is 12.5. The topological polar surface area (TPSA) is 29.5 Å². The maximum absolute atomic E-state index is 12.0. The first-order valence-corrected chi connectivity index (χ1v) is 7.15. The van der Waals surface area contributed by atoms with E-state index in [1.165, 1.54) is 25.7 Å². The summed E-state index contributed by atoms with van der Waals surface area (Å²) in [5.41, 5.74) is 1.82. The van der Waals surface area contributed by atoms with E-state index >= 15 is 0 Å². The maximum Gasteiger partial charge on any atom is 0.165 e. The van der Waals surface area contributed by atoms with Crippen LogP contribution in [0.15, 0.2) is 18.2 Å². The zero-order valence-corrected chi connectivity index (χ0v) is 11.7. The van der Waals surface area contributed by atoms with E-state index in [2.05, 4.69) is 11.0 Å². The van der Waals surface area contributed by atoms with E-state index in [9.17, 15) is 4.79 Å². The summed E-state index contributed by atoms with van der Waals surface area (Å²) in [5.74, 6) is 1.62. The molecule has 2 saturated carbocycles. The summed E-state index contributed by atoms with van der Waals surface area (Å²) in [4.78, 5) is 14.4. The summed E-state index contributed by atoms with van der Waals surface area (Å²) >= 11 is 0. The molecule has 0 N–H and O–H groups in total. The van der Waals surface area contributed by atoms with Crippen molar-refractivity contribution < 1.29 is 9.53 Å². The average Bonchev–Trinajstić information content (AvgIpc) is 3.27. The fraction of sp³-hybridized carbons (Fsp3) is 0.562. The van der Waals surface area contributed by atoms with Crippen molar-refractivity contribution in [3.63, 3.8) is 0 Å². The molecule has 3 rings (SSSR count). The van der Waals surface area contributed by atoms with Gasteiger partial charge in [-0.1, -0.05) is 6.07 Å². The van der Waals surface area contributed by atoms with Gasteiger partial charge in [0.2, 0.25) is 0 Å². The number of rotatable bonds is 6. The molecule has 0 atom stereocenters. The molecule has 0 aromatic heterocycles. The van der Waals surface area contributed by atoms with Gasteiger partial charge in [0.05, 0.1) is 18.4 Å². The Hall–Kier alpha value is -1.51. The molecular formula is C16H21NO2. The Balaban J connectivity index is 1.98. The number of anilines is 1. The molecule has 2 aliphatic rings. The first-order valence-electron chi connectivity index (χ1n) is 7.15. The van der Waals surface area contributed by atoms with Gasteiger partial charge in [0.15, 0.2) is 5.78 Å². The third kappa shape index (κ3) is 2.60. The highest BCUT2D eigenvalue weighted by molar-refractivity contribution is 6.02. The van der Waals surface area contributed by atoms with Gasteiger partial charge in [0, 0.05) is 12.6 Å². The second-order valence-electron chi connectivity index (χ2n) is 5.74. The van der Waals surface area contributed by atoms with E-state index in [0.29, 0.717) is 11.8 Å². The summed E-state index contributed by atoms with van der Waals surface area (Å²) in [5, 5.41) is 0. The predicted octanol–water partition coefficient (Wildman–Crippen LogP) is 3.28. The van der Waals surface area contributed by atoms with E-state index in [0.717, 1.165) is 23.7 Å². The van der Waals surface area contributed by atoms with Crippen LogP contribution in [-0.4, -0.2) is 25.5 Å². The zero-order chi connectivity index (χ0) is 13.4. The highest BCUT2D eigenvalue weighted by Crippen LogP contribution is 2.40. The molecule has 0 unspecified atom stereocenters. The van der Waals surface area contributed by atoms with Crippen molar-refractivity contribution in [2.24, 2.45) is 5.92 Å². The lowest BCUT2D eigenvalue weighted by atomic mass is 10.1. The molecule has 0 spiro atoms. The van der Waals surface area contributed by atoms with Crippen molar-refractivity contribution in [3.05, 3.63) is 23.8 Å². The van der Waals surface area contributed by atoms with Gasteiger partial charge in [-0.25, -0.2) is 0 Å². The number of carbonyl (C=O) groups is 1. The average molecular weight is 259 g/mol. The number of methoxy groups -OCH3 is 1. The van der Waals surface area contributed by atoms with E-state index < -0.39 is 0 Å². The molecule has 102 valence electrons. The number of ketones is 1. The predicted molar refractivity (Wildman–Crippen MR) is 76.1 cm³/mol. The molecule has 0 aliphatic heterocycles. The Morgan fingerprint density at radius 2 is 2.05 bits per heavy atom. The second-order valence-corrected chi connectivity index (χ2v) is 5.74. The van der Waals surface area contributed by atoms with Gasteiger partial charge < -0.3 is 9.64 Å². The van der Waals surface area contributed by atoms with Gasteiger partial charge in [-0.15, -0.1) is 0 Å². The number of Topliss-reactive ketones (excluding diaryl/α,β-unsaturated/α-hetero) is 1. The van der Waals surface area contributed by atoms with Crippen molar-refractivity contribution in [1.29, 1.82) is 0 Å². The number of ether oxygens (including phenoxy) is 1. The minimum absolute atomic E-state index is 0.0916. The number of benzene rings is 1. The van der Waals surface area contributed by atoms with Crippen molar-refractivity contribution >= 4 is 11.5 Å². The Bertz CT molecular complexity index is 490. The molecule has 19 heavy (non-hydrogen) atoms. The van der Waals surface area contributed by atoms with Gasteiger partial charge in [-0.2, -0.15) is 0 Å². The third-order valence-corrected chi connectivity index (χ3v) is 4.03. The lowest BCUT2D eigenvalue weighted by Crippen LogP contribution is -2.29. The highest BCUT2D eigenvalue weighted by Gasteiger charge is 2.35.